The van der Waals surface area contributed by atoms with E-state index in [0.29, 0.717) is 19.7 Å². The van der Waals surface area contributed by atoms with Crippen molar-refractivity contribution in [2.75, 3.05) is 45.9 Å². The summed E-state index contributed by atoms with van der Waals surface area (Å²) in [5.74, 6) is 1.78. The van der Waals surface area contributed by atoms with Crippen LogP contribution in [0.5, 0.6) is 5.75 Å². The molecule has 1 aromatic rings. The molecule has 1 fully saturated rings. The van der Waals surface area contributed by atoms with Crippen LogP contribution in [0.1, 0.15) is 32.8 Å². The van der Waals surface area contributed by atoms with Gasteiger partial charge in [0, 0.05) is 26.2 Å². The average Bonchev–Trinajstić information content (AvgIpc) is 3.09. The van der Waals surface area contributed by atoms with Gasteiger partial charge in [0.25, 0.3) is 0 Å². The monoisotopic (exact) mass is 362 g/mol. The van der Waals surface area contributed by atoms with Crippen LogP contribution in [0.15, 0.2) is 29.3 Å². The third-order valence-corrected chi connectivity index (χ3v) is 4.70. The fourth-order valence-electron chi connectivity index (χ4n) is 3.05. The van der Waals surface area contributed by atoms with Gasteiger partial charge in [-0.15, -0.1) is 0 Å². The Morgan fingerprint density at radius 2 is 2.00 bits per heavy atom. The van der Waals surface area contributed by atoms with E-state index >= 15 is 0 Å². The maximum atomic E-state index is 9.73. The van der Waals surface area contributed by atoms with Crippen LogP contribution in [-0.2, 0) is 6.54 Å². The van der Waals surface area contributed by atoms with Crippen molar-refractivity contribution in [2.24, 2.45) is 4.99 Å². The Bertz CT molecular complexity index is 543. The van der Waals surface area contributed by atoms with Crippen LogP contribution < -0.4 is 10.1 Å². The third-order valence-electron chi connectivity index (χ3n) is 4.70. The molecule has 0 unspecified atom stereocenters. The van der Waals surface area contributed by atoms with Gasteiger partial charge < -0.3 is 25.0 Å². The lowest BCUT2D eigenvalue weighted by Gasteiger charge is -2.21. The minimum absolute atomic E-state index is 0.244. The number of likely N-dealkylation sites (tertiary alicyclic amines) is 1. The molecule has 2 N–H and O–H groups in total. The summed E-state index contributed by atoms with van der Waals surface area (Å²) in [5, 5.41) is 13.0. The van der Waals surface area contributed by atoms with E-state index in [-0.39, 0.29) is 6.10 Å². The summed E-state index contributed by atoms with van der Waals surface area (Å²) in [6.45, 7) is 13.1. The Kier molecular flexibility index (Phi) is 8.71. The molecule has 0 bridgehead atoms. The van der Waals surface area contributed by atoms with Crippen molar-refractivity contribution in [1.29, 1.82) is 0 Å². The molecule has 26 heavy (non-hydrogen) atoms. The van der Waals surface area contributed by atoms with Gasteiger partial charge in [-0.2, -0.15) is 0 Å². The Morgan fingerprint density at radius 3 is 2.58 bits per heavy atom. The van der Waals surface area contributed by atoms with Gasteiger partial charge in [-0.25, -0.2) is 4.99 Å². The van der Waals surface area contributed by atoms with E-state index in [0.717, 1.165) is 56.4 Å². The number of nitrogens with zero attached hydrogens (tertiary/aromatic N) is 3. The van der Waals surface area contributed by atoms with Gasteiger partial charge in [0.15, 0.2) is 5.96 Å². The number of hydrogen-bond donors (Lipinski definition) is 2. The van der Waals surface area contributed by atoms with Gasteiger partial charge >= 0.3 is 0 Å². The number of benzene rings is 1. The zero-order valence-electron chi connectivity index (χ0n) is 16.4. The van der Waals surface area contributed by atoms with E-state index in [9.17, 15) is 5.11 Å². The van der Waals surface area contributed by atoms with Gasteiger partial charge in [-0.3, -0.25) is 0 Å². The topological polar surface area (TPSA) is 60.3 Å². The molecule has 2 rings (SSSR count). The number of aliphatic hydroxyl groups is 1. The van der Waals surface area contributed by atoms with Gasteiger partial charge in [0.1, 0.15) is 12.4 Å². The summed E-state index contributed by atoms with van der Waals surface area (Å²) in [6, 6.07) is 8.16. The molecule has 0 spiro atoms. The zero-order valence-corrected chi connectivity index (χ0v) is 16.4. The molecule has 0 aliphatic carbocycles. The summed E-state index contributed by atoms with van der Waals surface area (Å²) in [5.41, 5.74) is 1.15. The first-order valence-electron chi connectivity index (χ1n) is 9.81. The fraction of sp³-hybridized carbons (Fsp3) is 0.650. The second-order valence-corrected chi connectivity index (χ2v) is 6.58. The smallest absolute Gasteiger partial charge is 0.194 e. The van der Waals surface area contributed by atoms with Crippen LogP contribution in [0.4, 0.5) is 0 Å². The standard InChI is InChI=1S/C20H34N4O2/c1-4-21-20(24-12-11-18(25)16-24)22-15-17-7-9-19(10-8-17)26-14-13-23(5-2)6-3/h7-10,18,25H,4-6,11-16H2,1-3H3,(H,21,22)/t18-/m1/s1. The van der Waals surface area contributed by atoms with Crippen molar-refractivity contribution in [1.82, 2.24) is 15.1 Å². The largest absolute Gasteiger partial charge is 0.492 e. The van der Waals surface area contributed by atoms with E-state index in [1.54, 1.807) is 0 Å². The van der Waals surface area contributed by atoms with Crippen LogP contribution in [0, 0.1) is 0 Å². The van der Waals surface area contributed by atoms with E-state index < -0.39 is 0 Å². The first-order chi connectivity index (χ1) is 12.7. The van der Waals surface area contributed by atoms with Crippen LogP contribution in [0.3, 0.4) is 0 Å². The van der Waals surface area contributed by atoms with Crippen LogP contribution in [0.2, 0.25) is 0 Å². The Labute approximate surface area is 157 Å². The highest BCUT2D eigenvalue weighted by atomic mass is 16.5. The maximum Gasteiger partial charge on any atom is 0.194 e. The van der Waals surface area contributed by atoms with Crippen molar-refractivity contribution in [2.45, 2.75) is 39.8 Å². The lowest BCUT2D eigenvalue weighted by atomic mass is 10.2. The minimum atomic E-state index is -0.244. The first-order valence-corrected chi connectivity index (χ1v) is 9.81. The summed E-state index contributed by atoms with van der Waals surface area (Å²) in [7, 11) is 0. The molecule has 1 aliphatic rings. The predicted molar refractivity (Wildman–Crippen MR) is 107 cm³/mol. The molecule has 1 aliphatic heterocycles. The summed E-state index contributed by atoms with van der Waals surface area (Å²) in [6.07, 6.45) is 0.566. The molecular weight excluding hydrogens is 328 g/mol. The molecular formula is C20H34N4O2. The van der Waals surface area contributed by atoms with Crippen molar-refractivity contribution in [3.8, 4) is 5.75 Å². The van der Waals surface area contributed by atoms with Gasteiger partial charge in [0.2, 0.25) is 0 Å². The molecule has 0 radical (unpaired) electrons. The highest BCUT2D eigenvalue weighted by molar-refractivity contribution is 5.80. The van der Waals surface area contributed by atoms with Crippen LogP contribution in [0.25, 0.3) is 0 Å². The maximum absolute atomic E-state index is 9.73. The number of aliphatic hydroxyl groups excluding tert-OH is 1. The number of rotatable bonds is 9. The molecule has 146 valence electrons. The number of guanidine groups is 1. The third kappa shape index (κ3) is 6.50. The molecule has 0 aromatic heterocycles. The van der Waals surface area contributed by atoms with E-state index in [1.165, 1.54) is 0 Å². The van der Waals surface area contributed by atoms with Crippen LogP contribution >= 0.6 is 0 Å². The lowest BCUT2D eigenvalue weighted by Crippen LogP contribution is -2.40. The summed E-state index contributed by atoms with van der Waals surface area (Å²) >= 11 is 0. The quantitative estimate of drug-likeness (QED) is 0.519. The van der Waals surface area contributed by atoms with E-state index in [1.807, 2.05) is 12.1 Å². The number of hydrogen-bond acceptors (Lipinski definition) is 4. The Hall–Kier alpha value is -1.79. The minimum Gasteiger partial charge on any atom is -0.492 e. The average molecular weight is 363 g/mol. The normalized spacial score (nSPS) is 17.8. The molecule has 0 saturated carbocycles. The number of ether oxygens (including phenoxy) is 1. The Morgan fingerprint density at radius 1 is 1.27 bits per heavy atom. The number of likely N-dealkylation sites (N-methyl/N-ethyl adjacent to an activating group) is 1. The predicted octanol–water partition coefficient (Wildman–Crippen LogP) is 1.94. The molecule has 6 nitrogen and oxygen atoms in total. The lowest BCUT2D eigenvalue weighted by molar-refractivity contribution is 0.188. The molecule has 1 saturated heterocycles. The van der Waals surface area contributed by atoms with Crippen molar-refractivity contribution in [3.63, 3.8) is 0 Å². The second-order valence-electron chi connectivity index (χ2n) is 6.58. The molecule has 0 amide bonds. The number of aliphatic imine (C=N–C) groups is 1. The van der Waals surface area contributed by atoms with E-state index in [4.69, 9.17) is 9.73 Å². The van der Waals surface area contributed by atoms with Crippen molar-refractivity contribution >= 4 is 5.96 Å². The number of β-amino-alcohol motifs (C(OH)–C–C–N with tert-alkyl or cyclic N) is 1. The zero-order chi connectivity index (χ0) is 18.8. The first kappa shape index (κ1) is 20.5. The van der Waals surface area contributed by atoms with Gasteiger partial charge in [-0.1, -0.05) is 26.0 Å². The highest BCUT2D eigenvalue weighted by Crippen LogP contribution is 2.14. The molecule has 1 aromatic carbocycles. The molecule has 6 heteroatoms. The number of nitrogens with one attached hydrogen (secondary N) is 1. The van der Waals surface area contributed by atoms with Gasteiger partial charge in [-0.05, 0) is 44.1 Å². The summed E-state index contributed by atoms with van der Waals surface area (Å²) in [4.78, 5) is 9.18. The molecule has 1 heterocycles. The van der Waals surface area contributed by atoms with Crippen molar-refractivity contribution < 1.29 is 9.84 Å². The van der Waals surface area contributed by atoms with Crippen molar-refractivity contribution in [3.05, 3.63) is 29.8 Å². The Balaban J connectivity index is 1.85. The highest BCUT2D eigenvalue weighted by Gasteiger charge is 2.22. The second kappa shape index (κ2) is 11.0. The summed E-state index contributed by atoms with van der Waals surface area (Å²) < 4.78 is 5.83. The van der Waals surface area contributed by atoms with E-state index in [2.05, 4.69) is 48.0 Å². The van der Waals surface area contributed by atoms with Crippen LogP contribution in [-0.4, -0.2) is 72.8 Å². The van der Waals surface area contributed by atoms with Gasteiger partial charge in [0.05, 0.1) is 12.6 Å². The molecule has 1 atom stereocenters. The SMILES string of the molecule is CCNC(=NCc1ccc(OCCN(CC)CC)cc1)N1CC[C@@H](O)C1. The fourth-order valence-corrected chi connectivity index (χ4v) is 3.05.